The van der Waals surface area contributed by atoms with Crippen LogP contribution in [0.4, 0.5) is 13.2 Å². The van der Waals surface area contributed by atoms with Crippen LogP contribution in [0.3, 0.4) is 0 Å². The van der Waals surface area contributed by atoms with E-state index < -0.39 is 23.8 Å². The third-order valence-electron chi connectivity index (χ3n) is 3.79. The number of benzene rings is 1. The Morgan fingerprint density at radius 1 is 1.18 bits per heavy atom. The summed E-state index contributed by atoms with van der Waals surface area (Å²) < 4.78 is 38.1. The van der Waals surface area contributed by atoms with E-state index >= 15 is 0 Å². The number of nitrogens with zero attached hydrogens (tertiary/aromatic N) is 3. The fraction of sp³-hybridized carbons (Fsp3) is 0.400. The molecule has 1 fully saturated rings. The molecular weight excluding hydrogens is 295 g/mol. The Kier molecular flexibility index (Phi) is 3.82. The number of halogens is 3. The molecule has 0 radical (unpaired) electrons. The number of amidine groups is 1. The molecule has 2 aliphatic heterocycles. The van der Waals surface area contributed by atoms with E-state index in [1.54, 1.807) is 0 Å². The maximum absolute atomic E-state index is 12.7. The number of carbonyl (C=O) groups is 1. The predicted molar refractivity (Wildman–Crippen MR) is 75.8 cm³/mol. The normalized spacial score (nSPS) is 22.9. The predicted octanol–water partition coefficient (Wildman–Crippen LogP) is 2.45. The van der Waals surface area contributed by atoms with Gasteiger partial charge < -0.3 is 0 Å². The Bertz CT molecular complexity index is 637. The van der Waals surface area contributed by atoms with Crippen LogP contribution in [-0.4, -0.2) is 41.6 Å². The molecule has 2 aliphatic rings. The van der Waals surface area contributed by atoms with E-state index in [4.69, 9.17) is 0 Å². The molecule has 0 aliphatic carbocycles. The van der Waals surface area contributed by atoms with Crippen molar-refractivity contribution in [3.63, 3.8) is 0 Å². The molecule has 0 aromatic heterocycles. The van der Waals surface area contributed by atoms with Crippen molar-refractivity contribution < 1.29 is 18.0 Å². The minimum Gasteiger partial charge on any atom is -0.294 e. The zero-order valence-corrected chi connectivity index (χ0v) is 11.7. The first kappa shape index (κ1) is 14.9. The molecule has 0 bridgehead atoms. The lowest BCUT2D eigenvalue weighted by atomic mass is 9.92. The first-order chi connectivity index (χ1) is 10.4. The van der Waals surface area contributed by atoms with Gasteiger partial charge in [-0.2, -0.15) is 18.2 Å². The number of fused-ring (bicyclic) bond motifs is 1. The second kappa shape index (κ2) is 5.64. The van der Waals surface area contributed by atoms with Gasteiger partial charge in [-0.15, -0.1) is 0 Å². The van der Waals surface area contributed by atoms with Crippen LogP contribution in [0, 0.1) is 5.92 Å². The highest BCUT2D eigenvalue weighted by atomic mass is 19.4. The average molecular weight is 309 g/mol. The molecule has 1 aromatic rings. The Morgan fingerprint density at radius 2 is 1.91 bits per heavy atom. The van der Waals surface area contributed by atoms with Crippen LogP contribution in [0.5, 0.6) is 0 Å². The van der Waals surface area contributed by atoms with Gasteiger partial charge in [0.2, 0.25) is 5.84 Å². The number of carbonyl (C=O) groups excluding carboxylic acids is 1. The molecular formula is C15H14F3N3O. The maximum atomic E-state index is 12.7. The second-order valence-electron chi connectivity index (χ2n) is 5.41. The number of rotatable bonds is 2. The van der Waals surface area contributed by atoms with Crippen molar-refractivity contribution in [1.29, 1.82) is 0 Å². The largest absolute Gasteiger partial charge is 0.451 e. The minimum absolute atomic E-state index is 0.264. The van der Waals surface area contributed by atoms with Crippen molar-refractivity contribution in [3.8, 4) is 0 Å². The van der Waals surface area contributed by atoms with Gasteiger partial charge in [-0.3, -0.25) is 9.69 Å². The van der Waals surface area contributed by atoms with Crippen molar-refractivity contribution in [2.75, 3.05) is 13.1 Å². The summed E-state index contributed by atoms with van der Waals surface area (Å²) in [4.78, 5) is 20.5. The van der Waals surface area contributed by atoms with E-state index in [0.717, 1.165) is 5.56 Å². The molecule has 7 heteroatoms. The molecule has 1 aromatic carbocycles. The summed E-state index contributed by atoms with van der Waals surface area (Å²) in [6.07, 6.45) is -4.23. The van der Waals surface area contributed by atoms with Gasteiger partial charge in [0.1, 0.15) is 0 Å². The highest BCUT2D eigenvalue weighted by Crippen LogP contribution is 2.27. The van der Waals surface area contributed by atoms with Crippen LogP contribution in [0.2, 0.25) is 0 Å². The molecule has 116 valence electrons. The summed E-state index contributed by atoms with van der Waals surface area (Å²) in [6, 6.07) is 9.66. The van der Waals surface area contributed by atoms with Gasteiger partial charge in [0.25, 0.3) is 5.91 Å². The molecule has 22 heavy (non-hydrogen) atoms. The number of amides is 1. The zero-order valence-electron chi connectivity index (χ0n) is 11.7. The lowest BCUT2D eigenvalue weighted by Crippen LogP contribution is -2.46. The fourth-order valence-corrected chi connectivity index (χ4v) is 2.72. The third-order valence-corrected chi connectivity index (χ3v) is 3.79. The van der Waals surface area contributed by atoms with Gasteiger partial charge in [-0.25, -0.2) is 4.99 Å². The Hall–Kier alpha value is -2.02. The van der Waals surface area contributed by atoms with Crippen LogP contribution in [-0.2, 0) is 11.3 Å². The highest BCUT2D eigenvalue weighted by Gasteiger charge is 2.42. The topological polar surface area (TPSA) is 45.0 Å². The monoisotopic (exact) mass is 309 g/mol. The summed E-state index contributed by atoms with van der Waals surface area (Å²) >= 11 is 0. The van der Waals surface area contributed by atoms with Gasteiger partial charge in [0.05, 0.1) is 5.92 Å². The van der Waals surface area contributed by atoms with Crippen molar-refractivity contribution in [2.45, 2.75) is 19.1 Å². The molecule has 1 unspecified atom stereocenters. The molecule has 0 N–H and O–H groups in total. The summed E-state index contributed by atoms with van der Waals surface area (Å²) in [5.41, 5.74) is 1.35. The molecule has 1 saturated heterocycles. The Balaban J connectivity index is 1.77. The molecule has 2 heterocycles. The van der Waals surface area contributed by atoms with E-state index in [1.807, 2.05) is 35.2 Å². The molecule has 1 amide bonds. The summed E-state index contributed by atoms with van der Waals surface area (Å²) in [5.74, 6) is -2.65. The SMILES string of the molecule is O=C1N=C(C(F)(F)F)N=C2CN(Cc3ccccc3)CCC12. The van der Waals surface area contributed by atoms with Crippen LogP contribution < -0.4 is 0 Å². The van der Waals surface area contributed by atoms with Crippen LogP contribution >= 0.6 is 0 Å². The fourth-order valence-electron chi connectivity index (χ4n) is 2.72. The highest BCUT2D eigenvalue weighted by molar-refractivity contribution is 6.18. The number of hydrogen-bond acceptors (Lipinski definition) is 3. The van der Waals surface area contributed by atoms with Crippen molar-refractivity contribution in [2.24, 2.45) is 15.9 Å². The lowest BCUT2D eigenvalue weighted by Gasteiger charge is -2.33. The Morgan fingerprint density at radius 3 is 2.59 bits per heavy atom. The van der Waals surface area contributed by atoms with Crippen molar-refractivity contribution in [1.82, 2.24) is 4.90 Å². The molecule has 3 rings (SSSR count). The number of hydrogen-bond donors (Lipinski definition) is 0. The quantitative estimate of drug-likeness (QED) is 0.842. The van der Waals surface area contributed by atoms with Crippen LogP contribution in [0.1, 0.15) is 12.0 Å². The second-order valence-corrected chi connectivity index (χ2v) is 5.41. The van der Waals surface area contributed by atoms with E-state index in [2.05, 4.69) is 9.98 Å². The van der Waals surface area contributed by atoms with Gasteiger partial charge in [-0.1, -0.05) is 30.3 Å². The van der Waals surface area contributed by atoms with Crippen LogP contribution in [0.25, 0.3) is 0 Å². The van der Waals surface area contributed by atoms with E-state index in [9.17, 15) is 18.0 Å². The first-order valence-electron chi connectivity index (χ1n) is 6.97. The molecule has 0 saturated carbocycles. The van der Waals surface area contributed by atoms with Gasteiger partial charge in [0, 0.05) is 25.3 Å². The summed E-state index contributed by atoms with van der Waals surface area (Å²) in [5, 5.41) is 0. The van der Waals surface area contributed by atoms with Gasteiger partial charge in [-0.05, 0) is 12.0 Å². The lowest BCUT2D eigenvalue weighted by molar-refractivity contribution is -0.121. The number of alkyl halides is 3. The summed E-state index contributed by atoms with van der Waals surface area (Å²) in [7, 11) is 0. The minimum atomic E-state index is -4.69. The number of piperidine rings is 1. The summed E-state index contributed by atoms with van der Waals surface area (Å²) in [6.45, 7) is 1.53. The van der Waals surface area contributed by atoms with E-state index in [1.165, 1.54) is 0 Å². The smallest absolute Gasteiger partial charge is 0.294 e. The maximum Gasteiger partial charge on any atom is 0.451 e. The van der Waals surface area contributed by atoms with Crippen molar-refractivity contribution >= 4 is 17.5 Å². The molecule has 0 spiro atoms. The first-order valence-corrected chi connectivity index (χ1v) is 6.97. The molecule has 4 nitrogen and oxygen atoms in total. The Labute approximate surface area is 125 Å². The standard InChI is InChI=1S/C15H14F3N3O/c16-15(17,18)14-19-12-9-21(7-6-11(12)13(22)20-14)8-10-4-2-1-3-5-10/h1-5,11H,6-9H2. The van der Waals surface area contributed by atoms with Crippen LogP contribution in [0.15, 0.2) is 40.3 Å². The average Bonchev–Trinajstić information content (AvgIpc) is 2.47. The van der Waals surface area contributed by atoms with Crippen molar-refractivity contribution in [3.05, 3.63) is 35.9 Å². The van der Waals surface area contributed by atoms with E-state index in [0.29, 0.717) is 19.5 Å². The van der Waals surface area contributed by atoms with E-state index in [-0.39, 0.29) is 12.3 Å². The zero-order chi connectivity index (χ0) is 15.7. The third kappa shape index (κ3) is 3.09. The number of aliphatic imine (C=N–C) groups is 2. The van der Waals surface area contributed by atoms with Gasteiger partial charge >= 0.3 is 6.18 Å². The molecule has 1 atom stereocenters. The number of likely N-dealkylation sites (tertiary alicyclic amines) is 1. The van der Waals surface area contributed by atoms with Gasteiger partial charge in [0.15, 0.2) is 0 Å².